The van der Waals surface area contributed by atoms with Crippen LogP contribution in [0.4, 0.5) is 0 Å². The number of hydrogen-bond acceptors (Lipinski definition) is 4. The molecule has 72 valence electrons. The minimum Gasteiger partial charge on any atom is -0.380 e. The molecule has 0 bridgehead atoms. The van der Waals surface area contributed by atoms with Gasteiger partial charge in [0.15, 0.2) is 0 Å². The quantitative estimate of drug-likeness (QED) is 0.541. The lowest BCUT2D eigenvalue weighted by Gasteiger charge is -2.39. The molecule has 6 heteroatoms. The third-order valence-corrected chi connectivity index (χ3v) is 4.50. The fraction of sp³-hybridized carbons (Fsp3) is 1.00. The monoisotopic (exact) mass is 258 g/mol. The predicted octanol–water partition coefficient (Wildman–Crippen LogP) is 0.374. The summed E-state index contributed by atoms with van der Waals surface area (Å²) in [6.07, 6.45) is 0. The highest BCUT2D eigenvalue weighted by Crippen LogP contribution is 2.31. The molecule has 0 saturated carbocycles. The van der Waals surface area contributed by atoms with Crippen molar-refractivity contribution in [3.05, 3.63) is 0 Å². The van der Waals surface area contributed by atoms with Crippen LogP contribution in [0.3, 0.4) is 0 Å². The molecule has 0 amide bonds. The smallest absolute Gasteiger partial charge is 0.267 e. The Kier molecular flexibility index (Phi) is 3.14. The lowest BCUT2D eigenvalue weighted by Crippen LogP contribution is -2.49. The van der Waals surface area contributed by atoms with Crippen LogP contribution in [0.15, 0.2) is 0 Å². The van der Waals surface area contributed by atoms with Crippen LogP contribution in [-0.2, 0) is 19.0 Å². The van der Waals surface area contributed by atoms with E-state index >= 15 is 0 Å². The second-order valence-corrected chi connectivity index (χ2v) is 5.29. The van der Waals surface area contributed by atoms with Gasteiger partial charge >= 0.3 is 0 Å². The first kappa shape index (κ1) is 10.4. The molecule has 0 unspecified atom stereocenters. The van der Waals surface area contributed by atoms with E-state index in [4.69, 9.17) is 4.74 Å². The van der Waals surface area contributed by atoms with Gasteiger partial charge in [0.1, 0.15) is 0 Å². The Balaban J connectivity index is 2.60. The van der Waals surface area contributed by atoms with E-state index < -0.39 is 10.1 Å². The van der Waals surface area contributed by atoms with Crippen molar-refractivity contribution in [2.24, 2.45) is 5.41 Å². The summed E-state index contributed by atoms with van der Waals surface area (Å²) in [7, 11) is -2.18. The molecule has 0 aliphatic carbocycles. The lowest BCUT2D eigenvalue weighted by molar-refractivity contribution is -0.0839. The van der Waals surface area contributed by atoms with E-state index in [1.165, 1.54) is 7.11 Å². The number of ether oxygens (including phenoxy) is 1. The second kappa shape index (κ2) is 3.61. The molecule has 1 aliphatic rings. The van der Waals surface area contributed by atoms with Crippen molar-refractivity contribution in [2.45, 2.75) is 0 Å². The minimum atomic E-state index is -3.36. The Morgan fingerprint density at radius 1 is 1.58 bits per heavy atom. The molecule has 4 nitrogen and oxygen atoms in total. The van der Waals surface area contributed by atoms with Crippen molar-refractivity contribution in [3.63, 3.8) is 0 Å². The Labute approximate surface area is 80.5 Å². The van der Waals surface area contributed by atoms with Gasteiger partial charge in [-0.25, -0.2) is 0 Å². The largest absolute Gasteiger partial charge is 0.380 e. The normalized spacial score (nSPS) is 21.8. The molecule has 12 heavy (non-hydrogen) atoms. The van der Waals surface area contributed by atoms with Crippen LogP contribution in [0.2, 0.25) is 0 Å². The van der Waals surface area contributed by atoms with Crippen molar-refractivity contribution in [2.75, 3.05) is 31.4 Å². The molecule has 1 rings (SSSR count). The van der Waals surface area contributed by atoms with Crippen LogP contribution >= 0.6 is 15.9 Å². The molecule has 1 heterocycles. The summed E-state index contributed by atoms with van der Waals surface area (Å²) in [6.45, 7) is 0.974. The molecular weight excluding hydrogens is 248 g/mol. The van der Waals surface area contributed by atoms with Gasteiger partial charge in [-0.05, 0) is 0 Å². The van der Waals surface area contributed by atoms with Gasteiger partial charge in [-0.3, -0.25) is 4.18 Å². The van der Waals surface area contributed by atoms with Crippen LogP contribution in [-0.4, -0.2) is 39.8 Å². The molecule has 0 aromatic heterocycles. The van der Waals surface area contributed by atoms with Gasteiger partial charge < -0.3 is 4.74 Å². The van der Waals surface area contributed by atoms with Gasteiger partial charge in [-0.1, -0.05) is 15.9 Å². The maximum atomic E-state index is 11.1. The average Bonchev–Trinajstić information content (AvgIpc) is 1.97. The third kappa shape index (κ3) is 2.18. The highest BCUT2D eigenvalue weighted by molar-refractivity contribution is 9.09. The molecule has 0 aromatic rings. The zero-order chi connectivity index (χ0) is 9.24. The Morgan fingerprint density at radius 2 is 2.17 bits per heavy atom. The topological polar surface area (TPSA) is 52.6 Å². The van der Waals surface area contributed by atoms with Gasteiger partial charge in [0.2, 0.25) is 0 Å². The van der Waals surface area contributed by atoms with Crippen molar-refractivity contribution in [1.29, 1.82) is 0 Å². The zero-order valence-electron chi connectivity index (χ0n) is 6.75. The van der Waals surface area contributed by atoms with Crippen LogP contribution in [0, 0.1) is 5.41 Å². The summed E-state index contributed by atoms with van der Waals surface area (Å²) >= 11 is 3.27. The maximum Gasteiger partial charge on any atom is 0.267 e. The molecule has 0 aromatic carbocycles. The molecule has 1 fully saturated rings. The van der Waals surface area contributed by atoms with Crippen LogP contribution in [0.25, 0.3) is 0 Å². The summed E-state index contributed by atoms with van der Waals surface area (Å²) in [5.41, 5.74) is -0.269. The number of alkyl halides is 1. The SMILES string of the molecule is COS(=O)(=O)CC1(CBr)COC1. The molecule has 1 aliphatic heterocycles. The summed E-state index contributed by atoms with van der Waals surface area (Å²) in [4.78, 5) is 0. The molecule has 0 spiro atoms. The van der Waals surface area contributed by atoms with Gasteiger partial charge in [0.05, 0.1) is 26.1 Å². The predicted molar refractivity (Wildman–Crippen MR) is 47.8 cm³/mol. The summed E-state index contributed by atoms with van der Waals surface area (Å²) < 4.78 is 31.5. The highest BCUT2D eigenvalue weighted by Gasteiger charge is 2.41. The zero-order valence-corrected chi connectivity index (χ0v) is 9.15. The standard InChI is InChI=1S/C6H11BrO4S/c1-10-12(8,9)5-6(2-7)3-11-4-6/h2-5H2,1H3. The van der Waals surface area contributed by atoms with E-state index in [9.17, 15) is 8.42 Å². The van der Waals surface area contributed by atoms with E-state index in [1.54, 1.807) is 0 Å². The molecule has 0 N–H and O–H groups in total. The van der Waals surface area contributed by atoms with Crippen molar-refractivity contribution in [3.8, 4) is 0 Å². The molecule has 0 atom stereocenters. The fourth-order valence-electron chi connectivity index (χ4n) is 1.02. The number of hydrogen-bond donors (Lipinski definition) is 0. The van der Waals surface area contributed by atoms with E-state index in [0.29, 0.717) is 18.5 Å². The van der Waals surface area contributed by atoms with Crippen molar-refractivity contribution >= 4 is 26.0 Å². The Bertz CT molecular complexity index is 239. The fourth-order valence-corrected chi connectivity index (χ4v) is 2.94. The van der Waals surface area contributed by atoms with Gasteiger partial charge in [-0.15, -0.1) is 0 Å². The van der Waals surface area contributed by atoms with E-state index in [1.807, 2.05) is 0 Å². The maximum absolute atomic E-state index is 11.1. The first-order valence-electron chi connectivity index (χ1n) is 3.46. The van der Waals surface area contributed by atoms with Crippen molar-refractivity contribution in [1.82, 2.24) is 0 Å². The summed E-state index contributed by atoms with van der Waals surface area (Å²) in [5, 5.41) is 0.628. The van der Waals surface area contributed by atoms with Crippen LogP contribution in [0.5, 0.6) is 0 Å². The van der Waals surface area contributed by atoms with Gasteiger partial charge in [0.25, 0.3) is 10.1 Å². The van der Waals surface area contributed by atoms with Crippen LogP contribution in [0.1, 0.15) is 0 Å². The molecular formula is C6H11BrO4S. The molecule has 1 saturated heterocycles. The Hall–Kier alpha value is 0.350. The lowest BCUT2D eigenvalue weighted by atomic mass is 9.91. The van der Waals surface area contributed by atoms with Gasteiger partial charge in [-0.2, -0.15) is 8.42 Å². The molecule has 0 radical (unpaired) electrons. The van der Waals surface area contributed by atoms with Gasteiger partial charge in [0, 0.05) is 10.7 Å². The van der Waals surface area contributed by atoms with Crippen molar-refractivity contribution < 1.29 is 17.3 Å². The number of rotatable bonds is 4. The Morgan fingerprint density at radius 3 is 2.42 bits per heavy atom. The highest BCUT2D eigenvalue weighted by atomic mass is 79.9. The average molecular weight is 259 g/mol. The third-order valence-electron chi connectivity index (χ3n) is 1.84. The first-order valence-corrected chi connectivity index (χ1v) is 6.15. The summed E-state index contributed by atoms with van der Waals surface area (Å²) in [5.74, 6) is 0.0295. The first-order chi connectivity index (χ1) is 5.54. The van der Waals surface area contributed by atoms with E-state index in [0.717, 1.165) is 0 Å². The van der Waals surface area contributed by atoms with Crippen LogP contribution < -0.4 is 0 Å². The number of halogens is 1. The van der Waals surface area contributed by atoms with E-state index in [2.05, 4.69) is 20.1 Å². The second-order valence-electron chi connectivity index (χ2n) is 3.00. The minimum absolute atomic E-state index is 0.0295. The van der Waals surface area contributed by atoms with E-state index in [-0.39, 0.29) is 11.2 Å². The summed E-state index contributed by atoms with van der Waals surface area (Å²) in [6, 6.07) is 0.